The molecular weight excluding hydrogens is 406 g/mol. The van der Waals surface area contributed by atoms with Crippen molar-refractivity contribution in [3.63, 3.8) is 0 Å². The lowest BCUT2D eigenvalue weighted by Crippen LogP contribution is -2.51. The number of nitriles is 1. The van der Waals surface area contributed by atoms with Crippen LogP contribution in [0.4, 0.5) is 5.69 Å². The van der Waals surface area contributed by atoms with Crippen LogP contribution in [0, 0.1) is 17.2 Å². The lowest BCUT2D eigenvalue weighted by atomic mass is 10.0. The highest BCUT2D eigenvalue weighted by Crippen LogP contribution is 2.55. The van der Waals surface area contributed by atoms with Gasteiger partial charge in [0, 0.05) is 28.8 Å². The van der Waals surface area contributed by atoms with Gasteiger partial charge in [-0.3, -0.25) is 9.59 Å². The summed E-state index contributed by atoms with van der Waals surface area (Å²) in [6.45, 7) is 4.55. The minimum Gasteiger partial charge on any atom is -0.315 e. The van der Waals surface area contributed by atoms with E-state index in [-0.39, 0.29) is 17.7 Å². The van der Waals surface area contributed by atoms with E-state index in [4.69, 9.17) is 11.6 Å². The molecule has 1 spiro atoms. The van der Waals surface area contributed by atoms with E-state index < -0.39 is 4.87 Å². The molecule has 2 aliphatic rings. The summed E-state index contributed by atoms with van der Waals surface area (Å²) in [6, 6.07) is 14.8. The van der Waals surface area contributed by atoms with E-state index in [2.05, 4.69) is 6.07 Å². The molecule has 148 valence electrons. The summed E-state index contributed by atoms with van der Waals surface area (Å²) in [5.74, 6) is 0.312. The number of hydrogen-bond donors (Lipinski definition) is 0. The van der Waals surface area contributed by atoms with Gasteiger partial charge in [0.05, 0.1) is 23.9 Å². The third-order valence-corrected chi connectivity index (χ3v) is 6.97. The molecule has 0 bridgehead atoms. The van der Waals surface area contributed by atoms with Gasteiger partial charge in [0.2, 0.25) is 5.91 Å². The Hall–Kier alpha value is -2.49. The van der Waals surface area contributed by atoms with Gasteiger partial charge in [-0.1, -0.05) is 37.6 Å². The molecule has 2 aromatic rings. The van der Waals surface area contributed by atoms with E-state index in [0.29, 0.717) is 29.4 Å². The predicted molar refractivity (Wildman–Crippen MR) is 114 cm³/mol. The quantitative estimate of drug-likeness (QED) is 0.741. The molecule has 2 aromatic carbocycles. The molecule has 1 saturated heterocycles. The van der Waals surface area contributed by atoms with E-state index in [9.17, 15) is 14.9 Å². The van der Waals surface area contributed by atoms with E-state index in [1.165, 1.54) is 11.8 Å². The van der Waals surface area contributed by atoms with E-state index >= 15 is 0 Å². The number of halogens is 1. The van der Waals surface area contributed by atoms with Crippen molar-refractivity contribution in [1.29, 1.82) is 5.26 Å². The van der Waals surface area contributed by atoms with Crippen LogP contribution in [-0.4, -0.2) is 29.0 Å². The summed E-state index contributed by atoms with van der Waals surface area (Å²) < 4.78 is 0. The second kappa shape index (κ2) is 7.40. The summed E-state index contributed by atoms with van der Waals surface area (Å²) in [4.78, 5) is 29.1. The number of benzene rings is 2. The zero-order chi connectivity index (χ0) is 20.8. The van der Waals surface area contributed by atoms with Crippen molar-refractivity contribution in [2.75, 3.05) is 17.2 Å². The lowest BCUT2D eigenvalue weighted by Gasteiger charge is -2.34. The van der Waals surface area contributed by atoms with Gasteiger partial charge < -0.3 is 9.80 Å². The monoisotopic (exact) mass is 425 g/mol. The molecule has 2 aliphatic heterocycles. The Morgan fingerprint density at radius 3 is 2.83 bits per heavy atom. The Labute approximate surface area is 179 Å². The second-order valence-corrected chi connectivity index (χ2v) is 9.23. The fraction of sp³-hybridized carbons (Fsp3) is 0.318. The average Bonchev–Trinajstić information content (AvgIpc) is 3.25. The largest absolute Gasteiger partial charge is 0.315 e. The van der Waals surface area contributed by atoms with Crippen LogP contribution in [-0.2, 0) is 21.0 Å². The molecule has 2 amide bonds. The standard InChI is InChI=1S/C22H20ClN3O2S/c1-14(2)20(27)26-8-9-29-22(26)18-11-17(23)6-7-19(18)25(21(22)28)13-16-5-3-4-15(10-16)12-24/h3-7,10-11,14H,8-9,13H2,1-2H3/t22-/m1/s1. The number of carbonyl (C=O) groups is 2. The Morgan fingerprint density at radius 2 is 2.10 bits per heavy atom. The summed E-state index contributed by atoms with van der Waals surface area (Å²) in [5.41, 5.74) is 2.94. The van der Waals surface area contributed by atoms with Gasteiger partial charge in [-0.2, -0.15) is 5.26 Å². The molecule has 1 fully saturated rings. The van der Waals surface area contributed by atoms with Gasteiger partial charge >= 0.3 is 0 Å². The molecule has 0 aromatic heterocycles. The molecule has 4 rings (SSSR count). The molecule has 29 heavy (non-hydrogen) atoms. The summed E-state index contributed by atoms with van der Waals surface area (Å²) >= 11 is 7.78. The number of nitrogens with zero attached hydrogens (tertiary/aromatic N) is 3. The van der Waals surface area contributed by atoms with Crippen LogP contribution in [0.5, 0.6) is 0 Å². The molecule has 1 atom stereocenters. The number of hydrogen-bond acceptors (Lipinski definition) is 4. The molecule has 0 saturated carbocycles. The summed E-state index contributed by atoms with van der Waals surface area (Å²) in [6.07, 6.45) is 0. The molecule has 2 heterocycles. The highest BCUT2D eigenvalue weighted by atomic mass is 35.5. The van der Waals surface area contributed by atoms with Crippen LogP contribution < -0.4 is 4.90 Å². The first-order chi connectivity index (χ1) is 13.9. The van der Waals surface area contributed by atoms with Crippen molar-refractivity contribution in [2.24, 2.45) is 5.92 Å². The Kier molecular flexibility index (Phi) is 5.05. The van der Waals surface area contributed by atoms with Gasteiger partial charge in [-0.25, -0.2) is 0 Å². The third kappa shape index (κ3) is 3.09. The molecule has 0 aliphatic carbocycles. The fourth-order valence-corrected chi connectivity index (χ4v) is 5.63. The molecule has 0 radical (unpaired) electrons. The highest BCUT2D eigenvalue weighted by Gasteiger charge is 2.59. The maximum absolute atomic E-state index is 13.8. The second-order valence-electron chi connectivity index (χ2n) is 7.50. The van der Waals surface area contributed by atoms with E-state index in [1.54, 1.807) is 34.1 Å². The van der Waals surface area contributed by atoms with Crippen LogP contribution in [0.1, 0.15) is 30.5 Å². The van der Waals surface area contributed by atoms with Crippen LogP contribution in [0.2, 0.25) is 5.02 Å². The van der Waals surface area contributed by atoms with Gasteiger partial charge in [0.15, 0.2) is 4.87 Å². The first-order valence-electron chi connectivity index (χ1n) is 9.45. The van der Waals surface area contributed by atoms with Crippen molar-refractivity contribution in [3.05, 3.63) is 64.2 Å². The molecule has 7 heteroatoms. The topological polar surface area (TPSA) is 64.4 Å². The Bertz CT molecular complexity index is 1050. The smallest absolute Gasteiger partial charge is 0.268 e. The summed E-state index contributed by atoms with van der Waals surface area (Å²) in [5, 5.41) is 9.72. The van der Waals surface area contributed by atoms with Crippen LogP contribution in [0.25, 0.3) is 0 Å². The maximum Gasteiger partial charge on any atom is 0.268 e. The van der Waals surface area contributed by atoms with Gasteiger partial charge in [0.25, 0.3) is 5.91 Å². The zero-order valence-corrected chi connectivity index (χ0v) is 17.8. The number of fused-ring (bicyclic) bond motifs is 2. The highest BCUT2D eigenvalue weighted by molar-refractivity contribution is 8.01. The van der Waals surface area contributed by atoms with Crippen molar-refractivity contribution < 1.29 is 9.59 Å². The number of amides is 2. The van der Waals surface area contributed by atoms with Crippen LogP contribution in [0.15, 0.2) is 42.5 Å². The van der Waals surface area contributed by atoms with Gasteiger partial charge in [0.1, 0.15) is 0 Å². The number of rotatable bonds is 3. The fourth-order valence-electron chi connectivity index (χ4n) is 4.00. The molecular formula is C22H20ClN3O2S. The lowest BCUT2D eigenvalue weighted by molar-refractivity contribution is -0.142. The van der Waals surface area contributed by atoms with Crippen LogP contribution >= 0.6 is 23.4 Å². The number of carbonyl (C=O) groups excluding carboxylic acids is 2. The van der Waals surface area contributed by atoms with Crippen molar-refractivity contribution >= 4 is 40.9 Å². The predicted octanol–water partition coefficient (Wildman–Crippen LogP) is 4.14. The SMILES string of the molecule is CC(C)C(=O)N1CCS[C@]12C(=O)N(Cc1cccc(C#N)c1)c1ccc(Cl)cc12. The minimum atomic E-state index is -1.07. The van der Waals surface area contributed by atoms with Crippen molar-refractivity contribution in [2.45, 2.75) is 25.3 Å². The third-order valence-electron chi connectivity index (χ3n) is 5.31. The Balaban J connectivity index is 1.81. The van der Waals surface area contributed by atoms with Gasteiger partial charge in [-0.05, 0) is 35.9 Å². The van der Waals surface area contributed by atoms with E-state index in [1.807, 2.05) is 32.0 Å². The summed E-state index contributed by atoms with van der Waals surface area (Å²) in [7, 11) is 0. The van der Waals surface area contributed by atoms with Crippen molar-refractivity contribution in [1.82, 2.24) is 4.90 Å². The number of thioether (sulfide) groups is 1. The maximum atomic E-state index is 13.8. The van der Waals surface area contributed by atoms with Gasteiger partial charge in [-0.15, -0.1) is 11.8 Å². The van der Waals surface area contributed by atoms with Crippen LogP contribution in [0.3, 0.4) is 0 Å². The number of anilines is 1. The van der Waals surface area contributed by atoms with Crippen molar-refractivity contribution in [3.8, 4) is 6.07 Å². The first kappa shape index (κ1) is 19.8. The Morgan fingerprint density at radius 1 is 1.31 bits per heavy atom. The zero-order valence-electron chi connectivity index (χ0n) is 16.2. The molecule has 0 N–H and O–H groups in total. The normalized spacial score (nSPS) is 20.4. The average molecular weight is 426 g/mol. The van der Waals surface area contributed by atoms with E-state index in [0.717, 1.165) is 16.8 Å². The first-order valence-corrected chi connectivity index (χ1v) is 10.8. The molecule has 0 unspecified atom stereocenters. The minimum absolute atomic E-state index is 0.0393. The molecule has 5 nitrogen and oxygen atoms in total.